The zero-order valence-corrected chi connectivity index (χ0v) is 23.7. The second kappa shape index (κ2) is 13.1. The molecule has 1 saturated carbocycles. The maximum absolute atomic E-state index is 13.1. The molecule has 0 radical (unpaired) electrons. The second-order valence-corrected chi connectivity index (χ2v) is 10.7. The molecule has 7 N–H and O–H groups in total. The third kappa shape index (κ3) is 6.84. The van der Waals surface area contributed by atoms with Crippen LogP contribution >= 0.6 is 0 Å². The van der Waals surface area contributed by atoms with E-state index in [0.29, 0.717) is 12.0 Å². The molecule has 1 aliphatic carbocycles. The number of ether oxygens (including phenoxy) is 1. The van der Waals surface area contributed by atoms with Gasteiger partial charge in [-0.2, -0.15) is 0 Å². The van der Waals surface area contributed by atoms with Gasteiger partial charge < -0.3 is 31.4 Å². The number of rotatable bonds is 10. The van der Waals surface area contributed by atoms with Crippen LogP contribution in [0, 0.1) is 0 Å². The summed E-state index contributed by atoms with van der Waals surface area (Å²) >= 11 is 0. The van der Waals surface area contributed by atoms with Gasteiger partial charge in [0.2, 0.25) is 5.95 Å². The Morgan fingerprint density at radius 1 is 1.24 bits per heavy atom. The summed E-state index contributed by atoms with van der Waals surface area (Å²) in [6.45, 7) is 3.03. The van der Waals surface area contributed by atoms with E-state index in [1.165, 1.54) is 0 Å². The quantitative estimate of drug-likeness (QED) is 0.125. The van der Waals surface area contributed by atoms with Crippen molar-refractivity contribution in [3.05, 3.63) is 65.4 Å². The molecule has 12 heteroatoms. The van der Waals surface area contributed by atoms with Crippen molar-refractivity contribution in [2.75, 3.05) is 39.2 Å². The van der Waals surface area contributed by atoms with Crippen LogP contribution in [0.15, 0.2) is 59.2 Å². The Labute approximate surface area is 240 Å². The zero-order chi connectivity index (χ0) is 28.8. The van der Waals surface area contributed by atoms with E-state index in [2.05, 4.69) is 43.0 Å². The fourth-order valence-electron chi connectivity index (χ4n) is 5.25. The summed E-state index contributed by atoms with van der Waals surface area (Å²) in [6.07, 6.45) is 10.7. The number of nitrogens with zero attached hydrogens (tertiary/aromatic N) is 5. The van der Waals surface area contributed by atoms with Gasteiger partial charge in [0.05, 0.1) is 36.7 Å². The molecule has 0 spiro atoms. The molecule has 1 aromatic carbocycles. The lowest BCUT2D eigenvalue weighted by Gasteiger charge is -2.36. The molecule has 218 valence electrons. The van der Waals surface area contributed by atoms with Crippen molar-refractivity contribution in [1.29, 1.82) is 0 Å². The number of amides is 1. The summed E-state index contributed by atoms with van der Waals surface area (Å²) in [6, 6.07) is 8.61. The summed E-state index contributed by atoms with van der Waals surface area (Å²) in [7, 11) is 3.53. The lowest BCUT2D eigenvalue weighted by Crippen LogP contribution is -2.48. The minimum Gasteiger partial charge on any atom is -0.393 e. The van der Waals surface area contributed by atoms with Crippen molar-refractivity contribution in [2.24, 2.45) is 16.6 Å². The second-order valence-electron chi connectivity index (χ2n) is 10.7. The monoisotopic (exact) mass is 560 g/mol. The highest BCUT2D eigenvalue weighted by Crippen LogP contribution is 2.32. The maximum Gasteiger partial charge on any atom is 0.269 e. The smallest absolute Gasteiger partial charge is 0.269 e. The molecule has 41 heavy (non-hydrogen) atoms. The molecule has 1 saturated heterocycles. The number of nitrogens with one attached hydrogen (secondary N) is 3. The van der Waals surface area contributed by atoms with Crippen LogP contribution in [-0.2, 0) is 16.1 Å². The SMILES string of the molecule is C/N=C\C(=C/NC)Nc1nccc(-c2ccc3c(c2)CN(C2COC2)CCC3NC(=O)/C(N)=C/N(N)C2CCC2)n1. The van der Waals surface area contributed by atoms with E-state index in [1.54, 1.807) is 36.9 Å². The van der Waals surface area contributed by atoms with Crippen LogP contribution in [0.2, 0.25) is 0 Å². The van der Waals surface area contributed by atoms with E-state index in [-0.39, 0.29) is 23.7 Å². The number of hydrogen-bond donors (Lipinski definition) is 5. The molecular formula is C29H40N10O2. The predicted molar refractivity (Wildman–Crippen MR) is 159 cm³/mol. The van der Waals surface area contributed by atoms with Crippen LogP contribution in [0.25, 0.3) is 11.3 Å². The van der Waals surface area contributed by atoms with Crippen molar-refractivity contribution >= 4 is 18.1 Å². The van der Waals surface area contributed by atoms with Gasteiger partial charge in [-0.25, -0.2) is 15.8 Å². The Bertz CT molecular complexity index is 1320. The van der Waals surface area contributed by atoms with Gasteiger partial charge in [-0.3, -0.25) is 14.7 Å². The van der Waals surface area contributed by atoms with Crippen LogP contribution in [0.5, 0.6) is 0 Å². The number of allylic oxidation sites excluding steroid dienone is 1. The number of aliphatic imine (C=N–C) groups is 1. The molecule has 1 aromatic heterocycles. The van der Waals surface area contributed by atoms with Gasteiger partial charge in [-0.15, -0.1) is 0 Å². The fourth-order valence-corrected chi connectivity index (χ4v) is 5.25. The largest absolute Gasteiger partial charge is 0.393 e. The first-order chi connectivity index (χ1) is 19.9. The lowest BCUT2D eigenvalue weighted by atomic mass is 9.93. The number of carbonyl (C=O) groups is 1. The number of aromatic nitrogens is 2. The number of hydrogen-bond acceptors (Lipinski definition) is 11. The Morgan fingerprint density at radius 3 is 2.76 bits per heavy atom. The third-order valence-electron chi connectivity index (χ3n) is 7.86. The summed E-state index contributed by atoms with van der Waals surface area (Å²) in [5.74, 6) is 6.27. The van der Waals surface area contributed by atoms with E-state index in [9.17, 15) is 4.79 Å². The van der Waals surface area contributed by atoms with Crippen LogP contribution in [0.3, 0.4) is 0 Å². The molecule has 12 nitrogen and oxygen atoms in total. The minimum atomic E-state index is -0.312. The van der Waals surface area contributed by atoms with Crippen molar-refractivity contribution < 1.29 is 9.53 Å². The normalized spacial score (nSPS) is 20.5. The lowest BCUT2D eigenvalue weighted by molar-refractivity contribution is -0.118. The van der Waals surface area contributed by atoms with Crippen LogP contribution in [-0.4, -0.2) is 77.9 Å². The Balaban J connectivity index is 1.39. The average Bonchev–Trinajstić information content (AvgIpc) is 3.06. The van der Waals surface area contributed by atoms with Gasteiger partial charge in [0.15, 0.2) is 0 Å². The molecule has 0 bridgehead atoms. The minimum absolute atomic E-state index is 0.117. The average molecular weight is 561 g/mol. The first-order valence-corrected chi connectivity index (χ1v) is 14.1. The predicted octanol–water partition coefficient (Wildman–Crippen LogP) is 1.61. The number of benzene rings is 1. The molecule has 3 aliphatic rings. The zero-order valence-electron chi connectivity index (χ0n) is 23.7. The maximum atomic E-state index is 13.1. The first kappa shape index (κ1) is 28.5. The van der Waals surface area contributed by atoms with Crippen molar-refractivity contribution in [1.82, 2.24) is 30.5 Å². The van der Waals surface area contributed by atoms with Crippen LogP contribution in [0.1, 0.15) is 42.9 Å². The van der Waals surface area contributed by atoms with E-state index in [4.69, 9.17) is 21.3 Å². The molecule has 2 fully saturated rings. The molecule has 1 atom stereocenters. The summed E-state index contributed by atoms with van der Waals surface area (Å²) in [5, 5.41) is 10.9. The van der Waals surface area contributed by atoms with Gasteiger partial charge in [0, 0.05) is 63.6 Å². The van der Waals surface area contributed by atoms with Crippen molar-refractivity contribution in [3.63, 3.8) is 0 Å². The first-order valence-electron chi connectivity index (χ1n) is 14.1. The van der Waals surface area contributed by atoms with Crippen LogP contribution < -0.4 is 27.5 Å². The molecule has 1 unspecified atom stereocenters. The van der Waals surface area contributed by atoms with Gasteiger partial charge >= 0.3 is 0 Å². The number of carbonyl (C=O) groups excluding carboxylic acids is 1. The number of fused-ring (bicyclic) bond motifs is 1. The highest BCUT2D eigenvalue weighted by atomic mass is 16.5. The van der Waals surface area contributed by atoms with E-state index in [0.717, 1.165) is 80.1 Å². The Kier molecular flexibility index (Phi) is 9.12. The summed E-state index contributed by atoms with van der Waals surface area (Å²) in [5.41, 5.74) is 11.0. The van der Waals surface area contributed by atoms with Crippen LogP contribution in [0.4, 0.5) is 5.95 Å². The topological polar surface area (TPSA) is 159 Å². The highest BCUT2D eigenvalue weighted by Gasteiger charge is 2.31. The summed E-state index contributed by atoms with van der Waals surface area (Å²) in [4.78, 5) is 28.8. The molecule has 1 amide bonds. The molecule has 5 rings (SSSR count). The Morgan fingerprint density at radius 2 is 2.07 bits per heavy atom. The van der Waals surface area contributed by atoms with Crippen molar-refractivity contribution in [2.45, 2.75) is 50.4 Å². The number of nitrogens with two attached hydrogens (primary N) is 2. The Hall–Kier alpha value is -4.00. The number of anilines is 1. The van der Waals surface area contributed by atoms with Gasteiger partial charge in [0.1, 0.15) is 5.70 Å². The van der Waals surface area contributed by atoms with E-state index < -0.39 is 0 Å². The molecule has 3 heterocycles. The fraction of sp³-hybridized carbons (Fsp3) is 0.448. The van der Waals surface area contributed by atoms with Gasteiger partial charge in [-0.05, 0) is 48.9 Å². The molecular weight excluding hydrogens is 520 g/mol. The van der Waals surface area contributed by atoms with E-state index in [1.807, 2.05) is 19.2 Å². The van der Waals surface area contributed by atoms with Gasteiger partial charge in [0.25, 0.3) is 5.91 Å². The standard InChI is InChI=1S/C29H40N10O2/c1-32-13-21(14-33-2)35-29-34-10-8-26(37-29)19-6-7-24-20(12-19)15-38(23-17-41-18-23)11-9-27(24)36-28(40)25(30)16-39(31)22-4-3-5-22/h6-8,10,12-14,16,22-23,27,32H,3-5,9,11,15,17-18,30-31H2,1-2H3,(H,36,40)(H,34,35,37)/b21-13+,25-16-,33-14-. The summed E-state index contributed by atoms with van der Waals surface area (Å²) < 4.78 is 5.49. The number of hydrazine groups is 1. The van der Waals surface area contributed by atoms with E-state index >= 15 is 0 Å². The third-order valence-corrected chi connectivity index (χ3v) is 7.86. The highest BCUT2D eigenvalue weighted by molar-refractivity contribution is 5.92. The molecule has 2 aromatic rings. The van der Waals surface area contributed by atoms with Crippen molar-refractivity contribution in [3.8, 4) is 11.3 Å². The van der Waals surface area contributed by atoms with Gasteiger partial charge in [-0.1, -0.05) is 12.1 Å². The molecule has 2 aliphatic heterocycles.